The quantitative estimate of drug-likeness (QED) is 0.132. The molecule has 4 aromatic carbocycles. The van der Waals surface area contributed by atoms with Crippen LogP contribution in [0.25, 0.3) is 0 Å². The molecule has 0 spiro atoms. The van der Waals surface area contributed by atoms with E-state index in [1.54, 1.807) is 97.1 Å². The van der Waals surface area contributed by atoms with Gasteiger partial charge < -0.3 is 13.7 Å². The van der Waals surface area contributed by atoms with Crippen LogP contribution in [-0.2, 0) is 19.7 Å². The molecule has 0 bridgehead atoms. The minimum atomic E-state index is -4.19. The van der Waals surface area contributed by atoms with Gasteiger partial charge in [0.15, 0.2) is 0 Å². The average molecular weight is 517 g/mol. The highest BCUT2D eigenvalue weighted by Crippen LogP contribution is 2.37. The van der Waals surface area contributed by atoms with Crippen LogP contribution in [0.5, 0.6) is 17.2 Å². The summed E-state index contributed by atoms with van der Waals surface area (Å²) in [6.07, 6.45) is 0. The van der Waals surface area contributed by atoms with Gasteiger partial charge in [-0.1, -0.05) is 60.7 Å². The second-order valence-electron chi connectivity index (χ2n) is 8.15. The Kier molecular flexibility index (Phi) is 7.69. The Morgan fingerprint density at radius 1 is 0.595 bits per heavy atom. The second-order valence-corrected chi connectivity index (χ2v) is 9.66. The molecule has 4 aromatic rings. The van der Waals surface area contributed by atoms with E-state index in [1.165, 1.54) is 19.9 Å². The molecule has 0 N–H and O–H groups in total. The van der Waals surface area contributed by atoms with Crippen LogP contribution in [0.1, 0.15) is 36.5 Å². The largest absolute Gasteiger partial charge is 0.427 e. The summed E-state index contributed by atoms with van der Waals surface area (Å²) in [4.78, 5) is 22.7. The summed E-state index contributed by atoms with van der Waals surface area (Å²) in [5.74, 6) is -0.491. The van der Waals surface area contributed by atoms with Crippen LogP contribution in [0.4, 0.5) is 0 Å². The number of benzene rings is 4. The fraction of sp³-hybridized carbons (Fsp3) is 0.103. The highest BCUT2D eigenvalue weighted by Gasteiger charge is 2.27. The van der Waals surface area contributed by atoms with Gasteiger partial charge >= 0.3 is 22.1 Å². The molecule has 37 heavy (non-hydrogen) atoms. The number of carbonyl (C=O) groups excluding carboxylic acids is 2. The molecule has 0 unspecified atom stereocenters. The Balaban J connectivity index is 1.82. The van der Waals surface area contributed by atoms with Crippen LogP contribution in [-0.4, -0.2) is 20.4 Å². The predicted octanol–water partition coefficient (Wildman–Crippen LogP) is 5.49. The summed E-state index contributed by atoms with van der Waals surface area (Å²) >= 11 is 0. The lowest BCUT2D eigenvalue weighted by Gasteiger charge is -2.22. The Bertz CT molecular complexity index is 1430. The number of ether oxygens (including phenoxy) is 2. The first-order valence-corrected chi connectivity index (χ1v) is 12.8. The van der Waals surface area contributed by atoms with Gasteiger partial charge in [0.05, 0.1) is 0 Å². The molecule has 4 rings (SSSR count). The second kappa shape index (κ2) is 11.1. The monoisotopic (exact) mass is 516 g/mol. The standard InChI is InChI=1S/C29H24O7S/c1-20(30)34-24-16-12-22(13-17-24)29(23-14-18-25(19-15-23)35-21(2)31)27-10-6-7-11-28(27)37(32,33)36-26-8-4-3-5-9-26/h3-19,29H,1-2H3. The lowest BCUT2D eigenvalue weighted by atomic mass is 9.85. The van der Waals surface area contributed by atoms with Crippen LogP contribution in [0.3, 0.4) is 0 Å². The molecular formula is C29H24O7S. The molecule has 0 heterocycles. The molecule has 0 radical (unpaired) electrons. The maximum atomic E-state index is 13.4. The maximum absolute atomic E-state index is 13.4. The highest BCUT2D eigenvalue weighted by atomic mass is 32.2. The van der Waals surface area contributed by atoms with E-state index < -0.39 is 28.0 Å². The third-order valence-corrected chi connectivity index (χ3v) is 6.72. The van der Waals surface area contributed by atoms with Crippen LogP contribution in [0.15, 0.2) is 108 Å². The van der Waals surface area contributed by atoms with Gasteiger partial charge in [-0.2, -0.15) is 8.42 Å². The summed E-state index contributed by atoms with van der Waals surface area (Å²) in [5.41, 5.74) is 1.98. The Morgan fingerprint density at radius 2 is 1.05 bits per heavy atom. The van der Waals surface area contributed by atoms with E-state index in [9.17, 15) is 18.0 Å². The van der Waals surface area contributed by atoms with E-state index >= 15 is 0 Å². The van der Waals surface area contributed by atoms with E-state index in [4.69, 9.17) is 13.7 Å². The van der Waals surface area contributed by atoms with Gasteiger partial charge in [-0.15, -0.1) is 0 Å². The van der Waals surface area contributed by atoms with Gasteiger partial charge in [-0.3, -0.25) is 9.59 Å². The summed E-state index contributed by atoms with van der Waals surface area (Å²) in [6, 6.07) is 28.6. The topological polar surface area (TPSA) is 96.0 Å². The smallest absolute Gasteiger partial charge is 0.339 e. The predicted molar refractivity (Wildman–Crippen MR) is 137 cm³/mol. The third kappa shape index (κ3) is 6.42. The molecule has 0 aliphatic heterocycles. The van der Waals surface area contributed by atoms with Crippen LogP contribution >= 0.6 is 0 Å². The number of hydrogen-bond donors (Lipinski definition) is 0. The van der Waals surface area contributed by atoms with E-state index in [-0.39, 0.29) is 10.6 Å². The van der Waals surface area contributed by atoms with Crippen molar-refractivity contribution in [3.8, 4) is 17.2 Å². The summed E-state index contributed by atoms with van der Waals surface area (Å²) in [7, 11) is -4.19. The molecule has 0 amide bonds. The van der Waals surface area contributed by atoms with Gasteiger partial charge in [0, 0.05) is 19.8 Å². The van der Waals surface area contributed by atoms with Crippen molar-refractivity contribution in [2.45, 2.75) is 24.7 Å². The molecule has 0 aromatic heterocycles. The minimum absolute atomic E-state index is 0.0111. The number of rotatable bonds is 8. The number of esters is 2. The SMILES string of the molecule is CC(=O)Oc1ccc(C(c2ccc(OC(C)=O)cc2)c2ccccc2S(=O)(=O)Oc2ccccc2)cc1. The van der Waals surface area contributed by atoms with E-state index in [1.807, 2.05) is 0 Å². The molecule has 0 aliphatic rings. The van der Waals surface area contributed by atoms with E-state index in [0.29, 0.717) is 17.1 Å². The number of carbonyl (C=O) groups is 2. The average Bonchev–Trinajstić information content (AvgIpc) is 2.86. The first kappa shape index (κ1) is 25.7. The Hall–Kier alpha value is -4.43. The molecular weight excluding hydrogens is 492 g/mol. The van der Waals surface area contributed by atoms with Gasteiger partial charge in [0.2, 0.25) is 0 Å². The van der Waals surface area contributed by atoms with Crippen LogP contribution < -0.4 is 13.7 Å². The zero-order chi connectivity index (χ0) is 26.4. The van der Waals surface area contributed by atoms with Gasteiger partial charge in [-0.25, -0.2) is 0 Å². The molecule has 8 heteroatoms. The Morgan fingerprint density at radius 3 is 1.54 bits per heavy atom. The van der Waals surface area contributed by atoms with E-state index in [2.05, 4.69) is 0 Å². The van der Waals surface area contributed by atoms with Crippen molar-refractivity contribution in [1.29, 1.82) is 0 Å². The molecule has 0 saturated carbocycles. The normalized spacial score (nSPS) is 11.1. The lowest BCUT2D eigenvalue weighted by Crippen LogP contribution is -2.15. The first-order chi connectivity index (χ1) is 17.7. The summed E-state index contributed by atoms with van der Waals surface area (Å²) in [5, 5.41) is 0. The zero-order valence-electron chi connectivity index (χ0n) is 20.2. The van der Waals surface area contributed by atoms with Crippen molar-refractivity contribution >= 4 is 22.1 Å². The van der Waals surface area contributed by atoms with Gasteiger partial charge in [-0.05, 0) is 59.2 Å². The fourth-order valence-electron chi connectivity index (χ4n) is 3.93. The first-order valence-electron chi connectivity index (χ1n) is 11.4. The van der Waals surface area contributed by atoms with Gasteiger partial charge in [0.1, 0.15) is 22.1 Å². The third-order valence-electron chi connectivity index (χ3n) is 5.40. The lowest BCUT2D eigenvalue weighted by molar-refractivity contribution is -0.132. The maximum Gasteiger partial charge on any atom is 0.339 e. The van der Waals surface area contributed by atoms with Gasteiger partial charge in [0.25, 0.3) is 0 Å². The summed E-state index contributed by atoms with van der Waals surface area (Å²) < 4.78 is 42.5. The van der Waals surface area contributed by atoms with Crippen molar-refractivity contribution in [3.05, 3.63) is 120 Å². The number of para-hydroxylation sites is 1. The highest BCUT2D eigenvalue weighted by molar-refractivity contribution is 7.87. The molecule has 0 fully saturated rings. The molecule has 188 valence electrons. The van der Waals surface area contributed by atoms with Crippen molar-refractivity contribution in [2.24, 2.45) is 0 Å². The summed E-state index contributed by atoms with van der Waals surface area (Å²) in [6.45, 7) is 2.63. The molecule has 0 aliphatic carbocycles. The molecule has 0 atom stereocenters. The minimum Gasteiger partial charge on any atom is -0.427 e. The Labute approximate surface area is 215 Å². The van der Waals surface area contributed by atoms with Crippen molar-refractivity contribution in [3.63, 3.8) is 0 Å². The number of hydrogen-bond acceptors (Lipinski definition) is 7. The van der Waals surface area contributed by atoms with Crippen molar-refractivity contribution in [2.75, 3.05) is 0 Å². The van der Waals surface area contributed by atoms with Crippen molar-refractivity contribution < 1.29 is 31.7 Å². The zero-order valence-corrected chi connectivity index (χ0v) is 21.0. The van der Waals surface area contributed by atoms with Crippen LogP contribution in [0, 0.1) is 0 Å². The molecule has 0 saturated heterocycles. The van der Waals surface area contributed by atoms with E-state index in [0.717, 1.165) is 11.1 Å². The molecule has 7 nitrogen and oxygen atoms in total. The van der Waals surface area contributed by atoms with Crippen LogP contribution in [0.2, 0.25) is 0 Å². The van der Waals surface area contributed by atoms with Crippen molar-refractivity contribution in [1.82, 2.24) is 0 Å². The fourth-order valence-corrected chi connectivity index (χ4v) is 5.11.